The highest BCUT2D eigenvalue weighted by Gasteiger charge is 2.40. The lowest BCUT2D eigenvalue weighted by atomic mass is 9.98. The lowest BCUT2D eigenvalue weighted by Crippen LogP contribution is -2.52. The second-order valence-electron chi connectivity index (χ2n) is 7.72. The molecule has 3 aliphatic rings. The number of carbonyl (C=O) groups is 3. The maximum atomic E-state index is 13.1. The number of nitrogens with one attached hydrogen (secondary N) is 3. The van der Waals surface area contributed by atoms with E-state index < -0.39 is 6.04 Å². The molecule has 7 heteroatoms. The molecule has 0 aliphatic carbocycles. The van der Waals surface area contributed by atoms with Gasteiger partial charge in [0.2, 0.25) is 11.8 Å². The van der Waals surface area contributed by atoms with E-state index >= 15 is 0 Å². The van der Waals surface area contributed by atoms with Crippen molar-refractivity contribution in [3.05, 3.63) is 34.9 Å². The number of piperidine rings is 2. The lowest BCUT2D eigenvalue weighted by molar-refractivity contribution is -0.136. The first-order valence-electron chi connectivity index (χ1n) is 9.77. The van der Waals surface area contributed by atoms with Crippen LogP contribution >= 0.6 is 0 Å². The van der Waals surface area contributed by atoms with Crippen molar-refractivity contribution in [2.75, 3.05) is 6.54 Å². The van der Waals surface area contributed by atoms with E-state index in [1.165, 1.54) is 0 Å². The Morgan fingerprint density at radius 1 is 1.22 bits per heavy atom. The molecule has 1 unspecified atom stereocenters. The summed E-state index contributed by atoms with van der Waals surface area (Å²) >= 11 is 0. The molecule has 3 amide bonds. The van der Waals surface area contributed by atoms with Gasteiger partial charge in [0, 0.05) is 37.2 Å². The normalized spacial score (nSPS) is 28.3. The fourth-order valence-corrected chi connectivity index (χ4v) is 4.40. The number of hydrogen-bond donors (Lipinski definition) is 3. The highest BCUT2D eigenvalue weighted by atomic mass is 16.2. The van der Waals surface area contributed by atoms with Crippen LogP contribution in [0.15, 0.2) is 18.2 Å². The van der Waals surface area contributed by atoms with Crippen LogP contribution < -0.4 is 16.0 Å². The second kappa shape index (κ2) is 7.40. The molecule has 3 heterocycles. The van der Waals surface area contributed by atoms with Crippen LogP contribution in [0.25, 0.3) is 0 Å². The van der Waals surface area contributed by atoms with Crippen LogP contribution in [0.5, 0.6) is 0 Å². The molecular weight excluding hydrogens is 344 g/mol. The molecule has 3 atom stereocenters. The molecule has 1 aromatic rings. The molecule has 2 saturated heterocycles. The summed E-state index contributed by atoms with van der Waals surface area (Å²) < 4.78 is 0. The SMILES string of the molecule is C[C@@H]1NCCC[C@H]1NCc1cccc2c1C(=O)N(C1CCC(=O)NC1=O)C2. The molecule has 0 spiro atoms. The molecule has 3 N–H and O–H groups in total. The number of rotatable bonds is 4. The molecule has 3 aliphatic heterocycles. The largest absolute Gasteiger partial charge is 0.322 e. The Bertz CT molecular complexity index is 778. The van der Waals surface area contributed by atoms with Crippen molar-refractivity contribution in [2.45, 2.75) is 63.8 Å². The van der Waals surface area contributed by atoms with Crippen molar-refractivity contribution in [1.29, 1.82) is 0 Å². The van der Waals surface area contributed by atoms with Crippen LogP contribution in [0.4, 0.5) is 0 Å². The van der Waals surface area contributed by atoms with Gasteiger partial charge in [-0.1, -0.05) is 18.2 Å². The Kier molecular flexibility index (Phi) is 4.97. The maximum absolute atomic E-state index is 13.1. The van der Waals surface area contributed by atoms with E-state index in [1.54, 1.807) is 4.90 Å². The summed E-state index contributed by atoms with van der Waals surface area (Å²) in [6, 6.07) is 6.14. The predicted octanol–water partition coefficient (Wildman–Crippen LogP) is 0.678. The minimum Gasteiger partial charge on any atom is -0.322 e. The third-order valence-electron chi connectivity index (χ3n) is 5.96. The standard InChI is InChI=1S/C20H26N4O3/c1-12-15(6-3-9-21-12)22-10-13-4-2-5-14-11-24(20(27)18(13)14)16-7-8-17(25)23-19(16)26/h2,4-5,12,15-16,21-22H,3,6-11H2,1H3,(H,23,25,26)/t12-,15+,16?/m0/s1. The van der Waals surface area contributed by atoms with Crippen molar-refractivity contribution >= 4 is 17.7 Å². The molecule has 0 aromatic heterocycles. The van der Waals surface area contributed by atoms with Gasteiger partial charge in [0.05, 0.1) is 0 Å². The van der Waals surface area contributed by atoms with Crippen molar-refractivity contribution in [3.8, 4) is 0 Å². The first kappa shape index (κ1) is 18.1. The summed E-state index contributed by atoms with van der Waals surface area (Å²) in [5, 5.41) is 9.42. The first-order chi connectivity index (χ1) is 13.0. The fraction of sp³-hybridized carbons (Fsp3) is 0.550. The van der Waals surface area contributed by atoms with Gasteiger partial charge in [0.15, 0.2) is 0 Å². The van der Waals surface area contributed by atoms with Crippen LogP contribution in [0, 0.1) is 0 Å². The highest BCUT2D eigenvalue weighted by Crippen LogP contribution is 2.30. The number of benzene rings is 1. The zero-order valence-electron chi connectivity index (χ0n) is 15.6. The van der Waals surface area contributed by atoms with Crippen LogP contribution in [0.3, 0.4) is 0 Å². The Hall–Kier alpha value is -2.25. The number of fused-ring (bicyclic) bond motifs is 1. The predicted molar refractivity (Wildman–Crippen MR) is 99.8 cm³/mol. The van der Waals surface area contributed by atoms with Gasteiger partial charge in [0.1, 0.15) is 6.04 Å². The Balaban J connectivity index is 1.49. The van der Waals surface area contributed by atoms with E-state index in [1.807, 2.05) is 18.2 Å². The topological polar surface area (TPSA) is 90.5 Å². The summed E-state index contributed by atoms with van der Waals surface area (Å²) in [6.45, 7) is 4.30. The monoisotopic (exact) mass is 370 g/mol. The molecule has 0 bridgehead atoms. The molecule has 0 radical (unpaired) electrons. The third-order valence-corrected chi connectivity index (χ3v) is 5.96. The quantitative estimate of drug-likeness (QED) is 0.678. The fourth-order valence-electron chi connectivity index (χ4n) is 4.40. The summed E-state index contributed by atoms with van der Waals surface area (Å²) in [5.41, 5.74) is 2.65. The van der Waals surface area contributed by atoms with Gasteiger partial charge in [-0.15, -0.1) is 0 Å². The van der Waals surface area contributed by atoms with Gasteiger partial charge < -0.3 is 15.5 Å². The molecule has 1 aromatic carbocycles. The van der Waals surface area contributed by atoms with Crippen molar-refractivity contribution < 1.29 is 14.4 Å². The van der Waals surface area contributed by atoms with Crippen LogP contribution in [-0.2, 0) is 22.7 Å². The van der Waals surface area contributed by atoms with Crippen LogP contribution in [-0.4, -0.2) is 47.3 Å². The minimum absolute atomic E-state index is 0.105. The van der Waals surface area contributed by atoms with E-state index in [4.69, 9.17) is 0 Å². The minimum atomic E-state index is -0.564. The smallest absolute Gasteiger partial charge is 0.255 e. The van der Waals surface area contributed by atoms with Crippen molar-refractivity contribution in [2.24, 2.45) is 0 Å². The van der Waals surface area contributed by atoms with Crippen LogP contribution in [0.2, 0.25) is 0 Å². The summed E-state index contributed by atoms with van der Waals surface area (Å²) in [5.74, 6) is -0.735. The van der Waals surface area contributed by atoms with E-state index in [0.717, 1.165) is 30.5 Å². The van der Waals surface area contributed by atoms with Gasteiger partial charge in [-0.25, -0.2) is 0 Å². The first-order valence-corrected chi connectivity index (χ1v) is 9.77. The molecule has 2 fully saturated rings. The molecular formula is C20H26N4O3. The average molecular weight is 370 g/mol. The number of hydrogen-bond acceptors (Lipinski definition) is 5. The van der Waals surface area contributed by atoms with Gasteiger partial charge in [-0.3, -0.25) is 19.7 Å². The lowest BCUT2D eigenvalue weighted by Gasteiger charge is -2.31. The van der Waals surface area contributed by atoms with E-state index in [2.05, 4.69) is 22.9 Å². The molecule has 4 rings (SSSR count). The Morgan fingerprint density at radius 2 is 2.07 bits per heavy atom. The Morgan fingerprint density at radius 3 is 2.85 bits per heavy atom. The molecule has 7 nitrogen and oxygen atoms in total. The molecule has 144 valence electrons. The van der Waals surface area contributed by atoms with Crippen molar-refractivity contribution in [1.82, 2.24) is 20.9 Å². The zero-order chi connectivity index (χ0) is 19.0. The van der Waals surface area contributed by atoms with Crippen molar-refractivity contribution in [3.63, 3.8) is 0 Å². The van der Waals surface area contributed by atoms with E-state index in [-0.39, 0.29) is 24.1 Å². The third kappa shape index (κ3) is 3.49. The number of imide groups is 1. The Labute approximate surface area is 158 Å². The zero-order valence-corrected chi connectivity index (χ0v) is 15.6. The molecule has 27 heavy (non-hydrogen) atoms. The average Bonchev–Trinajstić information content (AvgIpc) is 2.98. The summed E-state index contributed by atoms with van der Waals surface area (Å²) in [7, 11) is 0. The highest BCUT2D eigenvalue weighted by molar-refractivity contribution is 6.05. The number of nitrogens with zero attached hydrogens (tertiary/aromatic N) is 1. The summed E-state index contributed by atoms with van der Waals surface area (Å²) in [4.78, 5) is 38.3. The second-order valence-corrected chi connectivity index (χ2v) is 7.72. The van der Waals surface area contributed by atoms with Gasteiger partial charge >= 0.3 is 0 Å². The van der Waals surface area contributed by atoms with Crippen LogP contribution in [0.1, 0.15) is 54.1 Å². The molecule has 0 saturated carbocycles. The van der Waals surface area contributed by atoms with Gasteiger partial charge in [-0.05, 0) is 43.9 Å². The van der Waals surface area contributed by atoms with E-state index in [9.17, 15) is 14.4 Å². The maximum Gasteiger partial charge on any atom is 0.255 e. The summed E-state index contributed by atoms with van der Waals surface area (Å²) in [6.07, 6.45) is 2.94. The number of carbonyl (C=O) groups excluding carboxylic acids is 3. The van der Waals surface area contributed by atoms with E-state index in [0.29, 0.717) is 37.2 Å². The van der Waals surface area contributed by atoms with Gasteiger partial charge in [-0.2, -0.15) is 0 Å². The number of amides is 3. The van der Waals surface area contributed by atoms with Gasteiger partial charge in [0.25, 0.3) is 5.91 Å².